The fourth-order valence-electron chi connectivity index (χ4n) is 8.19. The number of nitrogens with one attached hydrogen (secondary N) is 1. The van der Waals surface area contributed by atoms with Crippen molar-refractivity contribution in [2.45, 2.75) is 6.17 Å². The van der Waals surface area contributed by atoms with E-state index in [1.807, 2.05) is 17.4 Å². The number of fused-ring (bicyclic) bond motifs is 6. The third-order valence-corrected chi connectivity index (χ3v) is 12.0. The average molecular weight is 735 g/mol. The van der Waals surface area contributed by atoms with Crippen molar-refractivity contribution in [1.82, 2.24) is 9.88 Å². The molecule has 1 aliphatic heterocycles. The zero-order chi connectivity index (χ0) is 37.0. The van der Waals surface area contributed by atoms with Gasteiger partial charge >= 0.3 is 0 Å². The number of para-hydroxylation sites is 3. The van der Waals surface area contributed by atoms with Crippen LogP contribution >= 0.6 is 11.3 Å². The van der Waals surface area contributed by atoms with Crippen LogP contribution in [0.4, 0.5) is 0 Å². The number of thiophene rings is 1. The van der Waals surface area contributed by atoms with Gasteiger partial charge < -0.3 is 9.88 Å². The second kappa shape index (κ2) is 13.3. The fraction of sp³-hybridized carbons (Fsp3) is 0.0196. The van der Waals surface area contributed by atoms with E-state index in [0.717, 1.165) is 33.9 Å². The molecule has 2 aromatic heterocycles. The first-order valence-corrected chi connectivity index (χ1v) is 19.8. The number of amidine groups is 2. The number of aromatic nitrogens is 1. The Hall–Kier alpha value is -7.08. The molecular weight excluding hydrogens is 701 g/mol. The van der Waals surface area contributed by atoms with E-state index in [2.05, 4.69) is 198 Å². The Morgan fingerprint density at radius 3 is 1.89 bits per heavy atom. The molecule has 0 amide bonds. The lowest BCUT2D eigenvalue weighted by Crippen LogP contribution is -2.33. The molecule has 5 heteroatoms. The summed E-state index contributed by atoms with van der Waals surface area (Å²) in [5, 5.41) is 8.65. The van der Waals surface area contributed by atoms with Gasteiger partial charge in [0, 0.05) is 47.6 Å². The van der Waals surface area contributed by atoms with Gasteiger partial charge in [0.2, 0.25) is 0 Å². The van der Waals surface area contributed by atoms with Crippen LogP contribution in [-0.4, -0.2) is 16.2 Å². The van der Waals surface area contributed by atoms with Crippen LogP contribution in [0.3, 0.4) is 0 Å². The summed E-state index contributed by atoms with van der Waals surface area (Å²) in [6, 6.07) is 69.3. The van der Waals surface area contributed by atoms with Crippen molar-refractivity contribution in [2.24, 2.45) is 9.98 Å². The van der Waals surface area contributed by atoms with Crippen molar-refractivity contribution in [3.05, 3.63) is 211 Å². The van der Waals surface area contributed by atoms with E-state index in [1.165, 1.54) is 64.4 Å². The third-order valence-electron chi connectivity index (χ3n) is 10.9. The number of benzene rings is 8. The number of hydrogen-bond donors (Lipinski definition) is 1. The highest BCUT2D eigenvalue weighted by Crippen LogP contribution is 2.40. The van der Waals surface area contributed by atoms with Gasteiger partial charge in [0.25, 0.3) is 0 Å². The Bertz CT molecular complexity index is 3120. The van der Waals surface area contributed by atoms with Crippen LogP contribution in [0, 0.1) is 0 Å². The van der Waals surface area contributed by atoms with Crippen molar-refractivity contribution in [1.29, 1.82) is 0 Å². The van der Waals surface area contributed by atoms with E-state index in [1.54, 1.807) is 0 Å². The van der Waals surface area contributed by atoms with Crippen LogP contribution in [0.2, 0.25) is 0 Å². The minimum atomic E-state index is -0.295. The molecule has 0 bridgehead atoms. The molecule has 0 radical (unpaired) electrons. The maximum absolute atomic E-state index is 5.24. The summed E-state index contributed by atoms with van der Waals surface area (Å²) in [5.41, 5.74) is 11.4. The number of nitrogens with zero attached hydrogens (tertiary/aromatic N) is 3. The molecule has 0 saturated heterocycles. The maximum atomic E-state index is 5.24. The molecule has 3 heterocycles. The van der Waals surface area contributed by atoms with E-state index in [-0.39, 0.29) is 6.17 Å². The lowest BCUT2D eigenvalue weighted by Gasteiger charge is -2.24. The minimum absolute atomic E-state index is 0.295. The van der Waals surface area contributed by atoms with E-state index in [4.69, 9.17) is 9.98 Å². The summed E-state index contributed by atoms with van der Waals surface area (Å²) in [6.45, 7) is 0. The molecular formula is C51H34N4S. The average Bonchev–Trinajstić information content (AvgIpc) is 3.82. The van der Waals surface area contributed by atoms with Gasteiger partial charge in [0.1, 0.15) is 12.0 Å². The first-order valence-electron chi connectivity index (χ1n) is 18.9. The molecule has 0 spiro atoms. The zero-order valence-electron chi connectivity index (χ0n) is 30.3. The van der Waals surface area contributed by atoms with Crippen LogP contribution in [0.15, 0.2) is 204 Å². The van der Waals surface area contributed by atoms with E-state index in [0.29, 0.717) is 0 Å². The summed E-state index contributed by atoms with van der Waals surface area (Å²) in [7, 11) is 0. The van der Waals surface area contributed by atoms with Crippen molar-refractivity contribution in [3.8, 4) is 27.9 Å². The third kappa shape index (κ3) is 5.52. The molecule has 4 nitrogen and oxygen atoms in total. The molecule has 1 unspecified atom stereocenters. The van der Waals surface area contributed by atoms with Gasteiger partial charge in [-0.05, 0) is 64.7 Å². The highest BCUT2D eigenvalue weighted by Gasteiger charge is 2.22. The molecule has 8 aromatic carbocycles. The molecule has 10 aromatic rings. The Labute approximate surface area is 328 Å². The monoisotopic (exact) mass is 734 g/mol. The van der Waals surface area contributed by atoms with Gasteiger partial charge in [0.05, 0.1) is 16.7 Å². The number of rotatable bonds is 6. The van der Waals surface area contributed by atoms with Crippen molar-refractivity contribution < 1.29 is 0 Å². The predicted octanol–water partition coefficient (Wildman–Crippen LogP) is 13.0. The van der Waals surface area contributed by atoms with Crippen LogP contribution in [0.5, 0.6) is 0 Å². The summed E-state index contributed by atoms with van der Waals surface area (Å²) in [5.74, 6) is 1.53. The Balaban J connectivity index is 1.01. The molecule has 1 atom stereocenters. The molecule has 1 N–H and O–H groups in total. The molecule has 264 valence electrons. The van der Waals surface area contributed by atoms with Gasteiger partial charge in [-0.2, -0.15) is 0 Å². The summed E-state index contributed by atoms with van der Waals surface area (Å²) in [4.78, 5) is 10.4. The van der Waals surface area contributed by atoms with Crippen molar-refractivity contribution in [3.63, 3.8) is 0 Å². The molecule has 0 aliphatic carbocycles. The Morgan fingerprint density at radius 1 is 0.446 bits per heavy atom. The van der Waals surface area contributed by atoms with Gasteiger partial charge in [-0.15, -0.1) is 11.3 Å². The van der Waals surface area contributed by atoms with Gasteiger partial charge in [-0.25, -0.2) is 9.98 Å². The SMILES string of the molecule is c1ccc(C2=NC(c3ccc4c(c3)sc3ccc(-c5ccccc5-n5c6ccccc6c6ccccc65)cc34)=NC(c3cccc(-c4ccccc4)c3)N2)cc1. The second-order valence-corrected chi connectivity index (χ2v) is 15.3. The predicted molar refractivity (Wildman–Crippen MR) is 236 cm³/mol. The van der Waals surface area contributed by atoms with Crippen molar-refractivity contribution >= 4 is 65.0 Å². The van der Waals surface area contributed by atoms with E-state index in [9.17, 15) is 0 Å². The second-order valence-electron chi connectivity index (χ2n) is 14.2. The summed E-state index contributed by atoms with van der Waals surface area (Å²) < 4.78 is 4.88. The smallest absolute Gasteiger partial charge is 0.159 e. The molecule has 56 heavy (non-hydrogen) atoms. The van der Waals surface area contributed by atoms with Gasteiger partial charge in [-0.3, -0.25) is 0 Å². The van der Waals surface area contributed by atoms with E-state index >= 15 is 0 Å². The summed E-state index contributed by atoms with van der Waals surface area (Å²) in [6.07, 6.45) is -0.295. The lowest BCUT2D eigenvalue weighted by atomic mass is 10.00. The van der Waals surface area contributed by atoms with Gasteiger partial charge in [-0.1, -0.05) is 152 Å². The first-order chi connectivity index (χ1) is 27.7. The Morgan fingerprint density at radius 2 is 1.11 bits per heavy atom. The number of aliphatic imine (C=N–C) groups is 2. The van der Waals surface area contributed by atoms with Crippen LogP contribution in [0.1, 0.15) is 22.9 Å². The molecule has 0 fully saturated rings. The zero-order valence-corrected chi connectivity index (χ0v) is 31.1. The highest BCUT2D eigenvalue weighted by molar-refractivity contribution is 7.25. The quantitative estimate of drug-likeness (QED) is 0.182. The maximum Gasteiger partial charge on any atom is 0.159 e. The normalized spacial score (nSPS) is 14.2. The molecule has 11 rings (SSSR count). The van der Waals surface area contributed by atoms with Crippen LogP contribution in [0.25, 0.3) is 69.9 Å². The highest BCUT2D eigenvalue weighted by atomic mass is 32.1. The van der Waals surface area contributed by atoms with Crippen LogP contribution in [-0.2, 0) is 0 Å². The van der Waals surface area contributed by atoms with E-state index < -0.39 is 0 Å². The number of hydrogen-bond acceptors (Lipinski definition) is 4. The standard InChI is InChI=1S/C51H34N4S/c1-3-14-33(15-4-1)35-18-13-19-37(30-35)50-52-49(34-16-5-2-6-17-34)53-51(54-50)38-26-28-42-43-31-36(27-29-47(43)56-48(42)32-38)39-20-7-10-23-44(39)55-45-24-11-8-21-40(45)41-22-9-12-25-46(41)55/h1-32,50H,(H,52,53,54). The minimum Gasteiger partial charge on any atom is -0.344 e. The summed E-state index contributed by atoms with van der Waals surface area (Å²) >= 11 is 1.82. The topological polar surface area (TPSA) is 41.7 Å². The first kappa shape index (κ1) is 32.4. The Kier molecular flexibility index (Phi) is 7.71. The molecule has 1 aliphatic rings. The largest absolute Gasteiger partial charge is 0.344 e. The van der Waals surface area contributed by atoms with Gasteiger partial charge in [0.15, 0.2) is 5.84 Å². The lowest BCUT2D eigenvalue weighted by molar-refractivity contribution is 0.674. The fourth-order valence-corrected chi connectivity index (χ4v) is 9.32. The van der Waals surface area contributed by atoms with Crippen molar-refractivity contribution in [2.75, 3.05) is 0 Å². The van der Waals surface area contributed by atoms with Crippen LogP contribution < -0.4 is 5.32 Å². The molecule has 0 saturated carbocycles.